The van der Waals surface area contributed by atoms with Gasteiger partial charge in [-0.25, -0.2) is 0 Å². The second-order valence-corrected chi connectivity index (χ2v) is 5.54. The van der Waals surface area contributed by atoms with Crippen molar-refractivity contribution in [3.05, 3.63) is 35.9 Å². The molecule has 0 bridgehead atoms. The highest BCUT2D eigenvalue weighted by Crippen LogP contribution is 2.33. The van der Waals surface area contributed by atoms with E-state index in [9.17, 15) is 0 Å². The molecule has 1 aliphatic carbocycles. The summed E-state index contributed by atoms with van der Waals surface area (Å²) in [5.74, 6) is 1.02. The summed E-state index contributed by atoms with van der Waals surface area (Å²) in [6.07, 6.45) is 6.66. The van der Waals surface area contributed by atoms with E-state index in [2.05, 4.69) is 49.5 Å². The Kier molecular flexibility index (Phi) is 4.61. The van der Waals surface area contributed by atoms with Gasteiger partial charge in [-0.15, -0.1) is 0 Å². The fraction of sp³-hybridized carbons (Fsp3) is 0.625. The van der Waals surface area contributed by atoms with Gasteiger partial charge in [0.15, 0.2) is 0 Å². The maximum absolute atomic E-state index is 3.79. The lowest BCUT2D eigenvalue weighted by molar-refractivity contribution is 0.402. The molecule has 1 aromatic rings. The normalized spacial score (nSPS) is 18.9. The molecule has 0 aromatic heterocycles. The quantitative estimate of drug-likeness (QED) is 0.753. The van der Waals surface area contributed by atoms with Crippen LogP contribution in [0.1, 0.15) is 45.1 Å². The Bertz CT molecular complexity index is 316. The zero-order chi connectivity index (χ0) is 12.1. The molecular weight excluding hydrogens is 206 g/mol. The van der Waals surface area contributed by atoms with Crippen LogP contribution < -0.4 is 5.32 Å². The van der Waals surface area contributed by atoms with Crippen molar-refractivity contribution in [3.63, 3.8) is 0 Å². The summed E-state index contributed by atoms with van der Waals surface area (Å²) >= 11 is 0. The average molecular weight is 231 g/mol. The van der Waals surface area contributed by atoms with E-state index in [4.69, 9.17) is 0 Å². The maximum atomic E-state index is 3.79. The fourth-order valence-electron chi connectivity index (χ4n) is 2.54. The van der Waals surface area contributed by atoms with Gasteiger partial charge in [-0.2, -0.15) is 0 Å². The number of rotatable bonds is 7. The largest absolute Gasteiger partial charge is 0.311 e. The highest BCUT2D eigenvalue weighted by Gasteiger charge is 2.24. The molecule has 1 heteroatoms. The summed E-state index contributed by atoms with van der Waals surface area (Å²) in [6.45, 7) is 4.62. The lowest BCUT2D eigenvalue weighted by atomic mass is 10.0. The third kappa shape index (κ3) is 4.51. The third-order valence-corrected chi connectivity index (χ3v) is 3.72. The summed E-state index contributed by atoms with van der Waals surface area (Å²) in [5.41, 5.74) is 1.45. The van der Waals surface area contributed by atoms with Gasteiger partial charge < -0.3 is 5.32 Å². The van der Waals surface area contributed by atoms with Gasteiger partial charge in [0.05, 0.1) is 0 Å². The van der Waals surface area contributed by atoms with Crippen molar-refractivity contribution in [3.8, 4) is 0 Å². The van der Waals surface area contributed by atoms with Crippen molar-refractivity contribution in [1.82, 2.24) is 5.32 Å². The van der Waals surface area contributed by atoms with Crippen LogP contribution in [-0.4, -0.2) is 12.1 Å². The average Bonchev–Trinajstić information content (AvgIpc) is 3.13. The Labute approximate surface area is 106 Å². The van der Waals surface area contributed by atoms with Gasteiger partial charge >= 0.3 is 0 Å². The lowest BCUT2D eigenvalue weighted by Gasteiger charge is -2.22. The Balaban J connectivity index is 1.79. The smallest absolute Gasteiger partial charge is 0.0107 e. The van der Waals surface area contributed by atoms with Crippen LogP contribution in [-0.2, 0) is 6.42 Å². The van der Waals surface area contributed by atoms with Gasteiger partial charge in [0.1, 0.15) is 0 Å². The molecule has 1 saturated carbocycles. The third-order valence-electron chi connectivity index (χ3n) is 3.72. The lowest BCUT2D eigenvalue weighted by Crippen LogP contribution is -2.37. The van der Waals surface area contributed by atoms with Gasteiger partial charge in [-0.3, -0.25) is 0 Å². The highest BCUT2D eigenvalue weighted by molar-refractivity contribution is 5.15. The molecule has 1 fully saturated rings. The Hall–Kier alpha value is -0.820. The van der Waals surface area contributed by atoms with Crippen molar-refractivity contribution in [1.29, 1.82) is 0 Å². The topological polar surface area (TPSA) is 12.0 Å². The number of hydrogen-bond acceptors (Lipinski definition) is 1. The summed E-state index contributed by atoms with van der Waals surface area (Å²) in [5, 5.41) is 3.79. The van der Waals surface area contributed by atoms with E-state index >= 15 is 0 Å². The van der Waals surface area contributed by atoms with Gasteiger partial charge in [0.2, 0.25) is 0 Å². The van der Waals surface area contributed by atoms with Gasteiger partial charge in [-0.1, -0.05) is 50.1 Å². The minimum Gasteiger partial charge on any atom is -0.311 e. The second kappa shape index (κ2) is 6.20. The fourth-order valence-corrected chi connectivity index (χ4v) is 2.54. The standard InChI is InChI=1S/C16H25N/c1-3-16(12-14-7-5-4-6-8-14)17-13(2)11-15-9-10-15/h4-8,13,15-17H,3,9-12H2,1-2H3. The Morgan fingerprint density at radius 2 is 1.94 bits per heavy atom. The first kappa shape index (κ1) is 12.6. The Morgan fingerprint density at radius 3 is 2.53 bits per heavy atom. The van der Waals surface area contributed by atoms with E-state index in [1.165, 1.54) is 31.2 Å². The molecular formula is C16H25N. The molecule has 1 nitrogen and oxygen atoms in total. The van der Waals surface area contributed by atoms with Crippen LogP contribution in [0.4, 0.5) is 0 Å². The maximum Gasteiger partial charge on any atom is 0.0107 e. The monoisotopic (exact) mass is 231 g/mol. The van der Waals surface area contributed by atoms with E-state index in [1.807, 2.05) is 0 Å². The molecule has 1 aromatic carbocycles. The molecule has 94 valence electrons. The zero-order valence-electron chi connectivity index (χ0n) is 11.2. The predicted molar refractivity (Wildman–Crippen MR) is 74.2 cm³/mol. The molecule has 1 aliphatic rings. The molecule has 0 radical (unpaired) electrons. The van der Waals surface area contributed by atoms with Gasteiger partial charge in [0.25, 0.3) is 0 Å². The molecule has 0 aliphatic heterocycles. The highest BCUT2D eigenvalue weighted by atomic mass is 14.9. The summed E-state index contributed by atoms with van der Waals surface area (Å²) in [7, 11) is 0. The van der Waals surface area contributed by atoms with E-state index in [0.29, 0.717) is 12.1 Å². The van der Waals surface area contributed by atoms with E-state index in [0.717, 1.165) is 12.3 Å². The Morgan fingerprint density at radius 1 is 1.24 bits per heavy atom. The van der Waals surface area contributed by atoms with Gasteiger partial charge in [-0.05, 0) is 37.7 Å². The van der Waals surface area contributed by atoms with Gasteiger partial charge in [0, 0.05) is 12.1 Å². The second-order valence-electron chi connectivity index (χ2n) is 5.54. The predicted octanol–water partition coefficient (Wildman–Crippen LogP) is 3.79. The van der Waals surface area contributed by atoms with Crippen LogP contribution in [0.25, 0.3) is 0 Å². The first-order valence-corrected chi connectivity index (χ1v) is 7.08. The zero-order valence-corrected chi connectivity index (χ0v) is 11.2. The molecule has 0 saturated heterocycles. The first-order chi connectivity index (χ1) is 8.28. The molecule has 0 heterocycles. The summed E-state index contributed by atoms with van der Waals surface area (Å²) < 4.78 is 0. The molecule has 2 unspecified atom stereocenters. The molecule has 1 N–H and O–H groups in total. The van der Waals surface area contributed by atoms with Crippen molar-refractivity contribution in [2.24, 2.45) is 5.92 Å². The van der Waals surface area contributed by atoms with Crippen LogP contribution in [0.2, 0.25) is 0 Å². The van der Waals surface area contributed by atoms with Crippen LogP contribution in [0.3, 0.4) is 0 Å². The number of nitrogens with one attached hydrogen (secondary N) is 1. The van der Waals surface area contributed by atoms with Crippen molar-refractivity contribution in [2.75, 3.05) is 0 Å². The minimum atomic E-state index is 0.631. The van der Waals surface area contributed by atoms with Crippen molar-refractivity contribution >= 4 is 0 Å². The van der Waals surface area contributed by atoms with Crippen LogP contribution in [0, 0.1) is 5.92 Å². The summed E-state index contributed by atoms with van der Waals surface area (Å²) in [4.78, 5) is 0. The molecule has 2 rings (SSSR count). The molecule has 2 atom stereocenters. The molecule has 17 heavy (non-hydrogen) atoms. The van der Waals surface area contributed by atoms with E-state index in [-0.39, 0.29) is 0 Å². The van der Waals surface area contributed by atoms with E-state index in [1.54, 1.807) is 0 Å². The molecule has 0 spiro atoms. The van der Waals surface area contributed by atoms with Crippen molar-refractivity contribution < 1.29 is 0 Å². The first-order valence-electron chi connectivity index (χ1n) is 7.08. The molecule has 0 amide bonds. The van der Waals surface area contributed by atoms with E-state index < -0.39 is 0 Å². The SMILES string of the molecule is CCC(Cc1ccccc1)NC(C)CC1CC1. The summed E-state index contributed by atoms with van der Waals surface area (Å²) in [6, 6.07) is 12.1. The number of hydrogen-bond donors (Lipinski definition) is 1. The minimum absolute atomic E-state index is 0.631. The van der Waals surface area contributed by atoms with Crippen molar-refractivity contribution in [2.45, 2.75) is 58.0 Å². The van der Waals surface area contributed by atoms with Crippen LogP contribution in [0.15, 0.2) is 30.3 Å². The van der Waals surface area contributed by atoms with Crippen LogP contribution >= 0.6 is 0 Å². The van der Waals surface area contributed by atoms with Crippen LogP contribution in [0.5, 0.6) is 0 Å². The number of benzene rings is 1.